The van der Waals surface area contributed by atoms with Gasteiger partial charge in [-0.2, -0.15) is 0 Å². The van der Waals surface area contributed by atoms with Crippen LogP contribution in [0.2, 0.25) is 0 Å². The number of sulfonamides is 1. The van der Waals surface area contributed by atoms with Gasteiger partial charge in [0.25, 0.3) is 5.91 Å². The van der Waals surface area contributed by atoms with Gasteiger partial charge in [0.2, 0.25) is 10.0 Å². The molecule has 0 radical (unpaired) electrons. The standard InChI is InChI=1S/C18H19BrN2O3S/c19-16-8-7-14(25(20,23)24)11-15(16)17(22)21-12-18(9-4-10-18)13-5-2-1-3-6-13/h1-3,5-8,11H,4,9-10,12H2,(H,21,22)(H2,20,23,24). The monoisotopic (exact) mass is 422 g/mol. The van der Waals surface area contributed by atoms with Gasteiger partial charge in [0.1, 0.15) is 0 Å². The van der Waals surface area contributed by atoms with E-state index in [1.807, 2.05) is 18.2 Å². The summed E-state index contributed by atoms with van der Waals surface area (Å²) in [4.78, 5) is 12.5. The highest BCUT2D eigenvalue weighted by Gasteiger charge is 2.38. The van der Waals surface area contributed by atoms with Crippen LogP contribution in [-0.4, -0.2) is 20.9 Å². The van der Waals surface area contributed by atoms with E-state index in [1.165, 1.54) is 23.8 Å². The quantitative estimate of drug-likeness (QED) is 0.775. The van der Waals surface area contributed by atoms with Crippen molar-refractivity contribution in [2.24, 2.45) is 5.14 Å². The highest BCUT2D eigenvalue weighted by molar-refractivity contribution is 9.10. The molecule has 5 nitrogen and oxygen atoms in total. The van der Waals surface area contributed by atoms with Crippen LogP contribution >= 0.6 is 15.9 Å². The fraction of sp³-hybridized carbons (Fsp3) is 0.278. The number of nitrogens with two attached hydrogens (primary N) is 1. The zero-order valence-electron chi connectivity index (χ0n) is 13.5. The summed E-state index contributed by atoms with van der Waals surface area (Å²) in [5.74, 6) is -0.320. The van der Waals surface area contributed by atoms with Crippen molar-refractivity contribution in [3.8, 4) is 0 Å². The Morgan fingerprint density at radius 3 is 2.40 bits per heavy atom. The highest BCUT2D eigenvalue weighted by Crippen LogP contribution is 2.43. The van der Waals surface area contributed by atoms with Crippen LogP contribution in [-0.2, 0) is 15.4 Å². The number of primary sulfonamides is 1. The van der Waals surface area contributed by atoms with Crippen molar-refractivity contribution in [2.75, 3.05) is 6.54 Å². The maximum absolute atomic E-state index is 12.6. The lowest BCUT2D eigenvalue weighted by molar-refractivity contribution is 0.0927. The van der Waals surface area contributed by atoms with Crippen molar-refractivity contribution in [1.29, 1.82) is 0 Å². The number of hydrogen-bond donors (Lipinski definition) is 2. The van der Waals surface area contributed by atoms with Crippen molar-refractivity contribution >= 4 is 31.9 Å². The average Bonchev–Trinajstić information content (AvgIpc) is 2.54. The van der Waals surface area contributed by atoms with Gasteiger partial charge in [0, 0.05) is 16.4 Å². The molecule has 0 aromatic heterocycles. The average molecular weight is 423 g/mol. The summed E-state index contributed by atoms with van der Waals surface area (Å²) in [5.41, 5.74) is 1.44. The number of nitrogens with one attached hydrogen (secondary N) is 1. The number of amides is 1. The topological polar surface area (TPSA) is 89.3 Å². The van der Waals surface area contributed by atoms with Gasteiger partial charge in [0.15, 0.2) is 0 Å². The zero-order valence-corrected chi connectivity index (χ0v) is 15.9. The second-order valence-electron chi connectivity index (χ2n) is 6.37. The van der Waals surface area contributed by atoms with Gasteiger partial charge in [-0.3, -0.25) is 4.79 Å². The Kier molecular flexibility index (Phi) is 4.99. The third-order valence-electron chi connectivity index (χ3n) is 4.80. The molecule has 0 atom stereocenters. The first-order valence-corrected chi connectivity index (χ1v) is 10.3. The molecular formula is C18H19BrN2O3S. The van der Waals surface area contributed by atoms with Gasteiger partial charge >= 0.3 is 0 Å². The van der Waals surface area contributed by atoms with Crippen molar-refractivity contribution in [3.63, 3.8) is 0 Å². The predicted octanol–water partition coefficient (Wildman–Crippen LogP) is 2.95. The minimum Gasteiger partial charge on any atom is -0.351 e. The molecule has 0 spiro atoms. The van der Waals surface area contributed by atoms with Crippen LogP contribution in [0.3, 0.4) is 0 Å². The molecule has 0 bridgehead atoms. The molecular weight excluding hydrogens is 404 g/mol. The number of benzene rings is 2. The maximum Gasteiger partial charge on any atom is 0.252 e. The van der Waals surface area contributed by atoms with Crippen LogP contribution in [0.5, 0.6) is 0 Å². The smallest absolute Gasteiger partial charge is 0.252 e. The molecule has 1 fully saturated rings. The Morgan fingerprint density at radius 2 is 1.84 bits per heavy atom. The molecule has 0 aliphatic heterocycles. The van der Waals surface area contributed by atoms with Crippen molar-refractivity contribution < 1.29 is 13.2 Å². The van der Waals surface area contributed by atoms with E-state index in [0.29, 0.717) is 11.0 Å². The van der Waals surface area contributed by atoms with Gasteiger partial charge in [-0.1, -0.05) is 36.8 Å². The summed E-state index contributed by atoms with van der Waals surface area (Å²) >= 11 is 3.30. The van der Waals surface area contributed by atoms with E-state index in [-0.39, 0.29) is 21.8 Å². The fourth-order valence-electron chi connectivity index (χ4n) is 3.16. The van der Waals surface area contributed by atoms with E-state index in [1.54, 1.807) is 0 Å². The molecule has 0 heterocycles. The first-order valence-electron chi connectivity index (χ1n) is 7.98. The lowest BCUT2D eigenvalue weighted by Gasteiger charge is -2.42. The number of carbonyl (C=O) groups excluding carboxylic acids is 1. The summed E-state index contributed by atoms with van der Waals surface area (Å²) in [5, 5.41) is 8.11. The molecule has 3 rings (SSSR count). The van der Waals surface area contributed by atoms with E-state index >= 15 is 0 Å². The Balaban J connectivity index is 1.79. The molecule has 3 N–H and O–H groups in total. The molecule has 132 valence electrons. The minimum atomic E-state index is -3.86. The molecule has 1 aliphatic carbocycles. The number of hydrogen-bond acceptors (Lipinski definition) is 3. The Bertz CT molecular complexity index is 894. The summed E-state index contributed by atoms with van der Waals surface area (Å²) in [6.07, 6.45) is 3.18. The molecule has 1 aliphatic rings. The number of rotatable bonds is 5. The second kappa shape index (κ2) is 6.90. The Labute approximate surface area is 155 Å². The van der Waals surface area contributed by atoms with Crippen LogP contribution in [0.25, 0.3) is 0 Å². The number of halogens is 1. The first-order chi connectivity index (χ1) is 11.8. The molecule has 1 amide bonds. The number of carbonyl (C=O) groups is 1. The van der Waals surface area contributed by atoms with Crippen molar-refractivity contribution in [3.05, 3.63) is 64.1 Å². The van der Waals surface area contributed by atoms with Gasteiger partial charge in [0.05, 0.1) is 10.5 Å². The van der Waals surface area contributed by atoms with Gasteiger partial charge in [-0.15, -0.1) is 0 Å². The lowest BCUT2D eigenvalue weighted by atomic mass is 9.64. The molecule has 25 heavy (non-hydrogen) atoms. The van der Waals surface area contributed by atoms with E-state index in [2.05, 4.69) is 33.4 Å². The van der Waals surface area contributed by atoms with E-state index in [9.17, 15) is 13.2 Å². The molecule has 1 saturated carbocycles. The predicted molar refractivity (Wildman–Crippen MR) is 99.8 cm³/mol. The molecule has 2 aromatic rings. The third kappa shape index (κ3) is 3.78. The van der Waals surface area contributed by atoms with Crippen molar-refractivity contribution in [1.82, 2.24) is 5.32 Å². The highest BCUT2D eigenvalue weighted by atomic mass is 79.9. The van der Waals surface area contributed by atoms with Gasteiger partial charge in [-0.25, -0.2) is 13.6 Å². The normalized spacial score (nSPS) is 16.1. The molecule has 0 saturated heterocycles. The molecule has 7 heteroatoms. The van der Waals surface area contributed by atoms with Crippen LogP contribution < -0.4 is 10.5 Å². The second-order valence-corrected chi connectivity index (χ2v) is 8.79. The minimum absolute atomic E-state index is 0.0407. The SMILES string of the molecule is NS(=O)(=O)c1ccc(Br)c(C(=O)NCC2(c3ccccc3)CCC2)c1. The third-order valence-corrected chi connectivity index (χ3v) is 6.40. The fourth-order valence-corrected chi connectivity index (χ4v) is 4.13. The largest absolute Gasteiger partial charge is 0.351 e. The maximum atomic E-state index is 12.6. The van der Waals surface area contributed by atoms with E-state index in [4.69, 9.17) is 5.14 Å². The van der Waals surface area contributed by atoms with Crippen LogP contribution in [0.1, 0.15) is 35.2 Å². The van der Waals surface area contributed by atoms with Crippen LogP contribution in [0.4, 0.5) is 0 Å². The molecule has 2 aromatic carbocycles. The summed E-state index contributed by atoms with van der Waals surface area (Å²) in [6, 6.07) is 14.3. The summed E-state index contributed by atoms with van der Waals surface area (Å²) < 4.78 is 23.5. The molecule has 0 unspecified atom stereocenters. The summed E-state index contributed by atoms with van der Waals surface area (Å²) in [7, 11) is -3.86. The van der Waals surface area contributed by atoms with E-state index < -0.39 is 10.0 Å². The lowest BCUT2D eigenvalue weighted by Crippen LogP contribution is -2.45. The van der Waals surface area contributed by atoms with Gasteiger partial charge in [-0.05, 0) is 52.5 Å². The first kappa shape index (κ1) is 18.1. The van der Waals surface area contributed by atoms with Crippen molar-refractivity contribution in [2.45, 2.75) is 29.6 Å². The van der Waals surface area contributed by atoms with Gasteiger partial charge < -0.3 is 5.32 Å². The van der Waals surface area contributed by atoms with Crippen LogP contribution in [0, 0.1) is 0 Å². The zero-order chi connectivity index (χ0) is 18.1. The summed E-state index contributed by atoms with van der Waals surface area (Å²) in [6.45, 7) is 0.516. The Morgan fingerprint density at radius 1 is 1.16 bits per heavy atom. The Hall–Kier alpha value is -1.70. The van der Waals surface area contributed by atoms with Crippen LogP contribution in [0.15, 0.2) is 57.9 Å². The van der Waals surface area contributed by atoms with E-state index in [0.717, 1.165) is 19.3 Å².